The lowest BCUT2D eigenvalue weighted by atomic mass is 10.00. The molecule has 0 radical (unpaired) electrons. The van der Waals surface area contributed by atoms with Gasteiger partial charge in [-0.15, -0.1) is 0 Å². The number of nitriles is 1. The Morgan fingerprint density at radius 2 is 2.10 bits per heavy atom. The van der Waals surface area contributed by atoms with Gasteiger partial charge in [0.15, 0.2) is 6.19 Å². The Labute approximate surface area is 168 Å². The summed E-state index contributed by atoms with van der Waals surface area (Å²) in [6.45, 7) is 0.880. The van der Waals surface area contributed by atoms with Gasteiger partial charge in [0, 0.05) is 34.9 Å². The monoisotopic (exact) mass is 421 g/mol. The van der Waals surface area contributed by atoms with Gasteiger partial charge >= 0.3 is 6.18 Å². The lowest BCUT2D eigenvalue weighted by Gasteiger charge is -2.34. The number of halogens is 4. The van der Waals surface area contributed by atoms with Crippen molar-refractivity contribution in [3.63, 3.8) is 0 Å². The largest absolute Gasteiger partial charge is 0.416 e. The molecule has 0 bridgehead atoms. The molecule has 5 N–H and O–H groups in total. The average molecular weight is 421 g/mol. The van der Waals surface area contributed by atoms with Crippen LogP contribution in [0.4, 0.5) is 23.2 Å². The van der Waals surface area contributed by atoms with Crippen LogP contribution < -0.4 is 16.0 Å². The van der Waals surface area contributed by atoms with E-state index < -0.39 is 23.8 Å². The van der Waals surface area contributed by atoms with Crippen molar-refractivity contribution in [1.29, 1.82) is 5.26 Å². The molecule has 0 spiro atoms. The molecule has 4 rings (SSSR count). The first-order valence-corrected chi connectivity index (χ1v) is 9.39. The molecule has 1 aliphatic heterocycles. The number of anilines is 1. The number of H-pyrrole nitrogens is 1. The number of aromatic nitrogens is 1. The van der Waals surface area contributed by atoms with Crippen molar-refractivity contribution in [3.05, 3.63) is 41.2 Å². The van der Waals surface area contributed by atoms with Crippen LogP contribution in [0.3, 0.4) is 0 Å². The Balaban J connectivity index is 1.97. The summed E-state index contributed by atoms with van der Waals surface area (Å²) in [4.78, 5) is 4.65. The number of hydrogen-bond acceptors (Lipinski definition) is 5. The number of nitrogens with zero attached hydrogens (tertiary/aromatic N) is 2. The highest BCUT2D eigenvalue weighted by Gasteiger charge is 2.32. The molecule has 1 aliphatic rings. The molecule has 10 heteroatoms. The second-order valence-electron chi connectivity index (χ2n) is 7.42. The zero-order valence-electron chi connectivity index (χ0n) is 15.7. The molecule has 1 unspecified atom stereocenters. The Bertz CT molecular complexity index is 1150. The zero-order chi connectivity index (χ0) is 21.6. The number of hydrogen-bond donors (Lipinski definition) is 4. The van der Waals surface area contributed by atoms with Gasteiger partial charge < -0.3 is 26.0 Å². The van der Waals surface area contributed by atoms with Crippen LogP contribution in [0.25, 0.3) is 21.8 Å². The third-order valence-electron chi connectivity index (χ3n) is 5.48. The summed E-state index contributed by atoms with van der Waals surface area (Å²) < 4.78 is 54.7. The predicted octanol–water partition coefficient (Wildman–Crippen LogP) is 3.47. The van der Waals surface area contributed by atoms with Crippen LogP contribution in [0.2, 0.25) is 0 Å². The fourth-order valence-electron chi connectivity index (χ4n) is 4.16. The number of aliphatic hydroxyl groups is 1. The summed E-state index contributed by atoms with van der Waals surface area (Å²) >= 11 is 0. The minimum Gasteiger partial charge on any atom is -0.374 e. The van der Waals surface area contributed by atoms with Crippen molar-refractivity contribution in [2.75, 3.05) is 18.0 Å². The summed E-state index contributed by atoms with van der Waals surface area (Å²) in [7, 11) is 0. The molecule has 158 valence electrons. The van der Waals surface area contributed by atoms with Crippen LogP contribution in [-0.2, 0) is 6.18 Å². The third kappa shape index (κ3) is 3.40. The summed E-state index contributed by atoms with van der Waals surface area (Å²) in [6.07, 6.45) is -2.69. The van der Waals surface area contributed by atoms with Gasteiger partial charge in [-0.3, -0.25) is 0 Å². The summed E-state index contributed by atoms with van der Waals surface area (Å²) in [5.41, 5.74) is 5.47. The minimum atomic E-state index is -4.53. The summed E-state index contributed by atoms with van der Waals surface area (Å²) in [6, 6.07) is 4.13. The van der Waals surface area contributed by atoms with Gasteiger partial charge in [-0.2, -0.15) is 18.4 Å². The highest BCUT2D eigenvalue weighted by Crippen LogP contribution is 2.41. The van der Waals surface area contributed by atoms with Crippen LogP contribution >= 0.6 is 0 Å². The minimum absolute atomic E-state index is 0.0553. The van der Waals surface area contributed by atoms with Crippen molar-refractivity contribution in [1.82, 2.24) is 10.3 Å². The van der Waals surface area contributed by atoms with Gasteiger partial charge in [0.25, 0.3) is 0 Å². The van der Waals surface area contributed by atoms with Crippen molar-refractivity contribution < 1.29 is 22.7 Å². The zero-order valence-corrected chi connectivity index (χ0v) is 15.7. The van der Waals surface area contributed by atoms with E-state index in [-0.39, 0.29) is 28.3 Å². The average Bonchev–Trinajstić information content (AvgIpc) is 3.05. The molecule has 2 heterocycles. The molecule has 6 nitrogen and oxygen atoms in total. The standard InChI is InChI=1S/C20H19F4N5O/c21-14-7-13(19(26)30)17-16(18(14)29-5-1-2-11(8-29)27-9-25)12-4-3-10(20(22,23)24)6-15(12)28-17/h3-4,6-7,11,19,27-28,30H,1-2,5,8,26H2/t11-,19?/m0/s1. The van der Waals surface area contributed by atoms with Gasteiger partial charge in [0.05, 0.1) is 22.8 Å². The number of fused-ring (bicyclic) bond motifs is 3. The second-order valence-corrected chi connectivity index (χ2v) is 7.42. The third-order valence-corrected chi connectivity index (χ3v) is 5.48. The van der Waals surface area contributed by atoms with Crippen molar-refractivity contribution in [2.24, 2.45) is 5.73 Å². The molecule has 0 amide bonds. The Morgan fingerprint density at radius 1 is 1.33 bits per heavy atom. The van der Waals surface area contributed by atoms with E-state index in [9.17, 15) is 18.3 Å². The van der Waals surface area contributed by atoms with E-state index in [4.69, 9.17) is 11.0 Å². The van der Waals surface area contributed by atoms with Crippen LogP contribution in [0, 0.1) is 17.3 Å². The van der Waals surface area contributed by atoms with E-state index in [0.717, 1.165) is 24.6 Å². The number of piperidine rings is 1. The number of aliphatic hydroxyl groups excluding tert-OH is 1. The van der Waals surface area contributed by atoms with Gasteiger partial charge in [0.2, 0.25) is 0 Å². The van der Waals surface area contributed by atoms with Gasteiger partial charge in [-0.05, 0) is 31.0 Å². The Morgan fingerprint density at radius 3 is 2.77 bits per heavy atom. The molecular formula is C20H19F4N5O. The quantitative estimate of drug-likeness (QED) is 0.225. The molecule has 0 aliphatic carbocycles. The van der Waals surface area contributed by atoms with Crippen molar-refractivity contribution in [3.8, 4) is 6.19 Å². The first kappa shape index (κ1) is 20.3. The van der Waals surface area contributed by atoms with Gasteiger partial charge in [0.1, 0.15) is 12.0 Å². The molecule has 1 saturated heterocycles. The first-order valence-electron chi connectivity index (χ1n) is 9.39. The van der Waals surface area contributed by atoms with E-state index in [1.54, 1.807) is 4.90 Å². The molecular weight excluding hydrogens is 402 g/mol. The Kier molecular flexibility index (Phi) is 4.95. The van der Waals surface area contributed by atoms with Crippen LogP contribution in [-0.4, -0.2) is 29.2 Å². The molecule has 30 heavy (non-hydrogen) atoms. The van der Waals surface area contributed by atoms with Crippen molar-refractivity contribution >= 4 is 27.5 Å². The number of nitrogens with one attached hydrogen (secondary N) is 2. The fourth-order valence-corrected chi connectivity index (χ4v) is 4.16. The molecule has 2 aromatic carbocycles. The molecule has 1 aromatic heterocycles. The molecule has 3 aromatic rings. The number of nitrogens with two attached hydrogens (primary N) is 1. The van der Waals surface area contributed by atoms with E-state index >= 15 is 4.39 Å². The SMILES string of the molecule is N#CN[C@H]1CCCN(c2c(F)cc(C(N)O)c3[nH]c4cc(C(F)(F)F)ccc4c23)C1. The van der Waals surface area contributed by atoms with Crippen molar-refractivity contribution in [2.45, 2.75) is 31.3 Å². The number of aromatic amines is 1. The number of alkyl halides is 3. The predicted molar refractivity (Wildman–Crippen MR) is 104 cm³/mol. The molecule has 0 saturated carbocycles. The maximum atomic E-state index is 15.2. The summed E-state index contributed by atoms with van der Waals surface area (Å²) in [5.74, 6) is -0.639. The summed E-state index contributed by atoms with van der Waals surface area (Å²) in [5, 5.41) is 22.3. The lowest BCUT2D eigenvalue weighted by molar-refractivity contribution is -0.137. The van der Waals surface area contributed by atoms with Gasteiger partial charge in [-0.1, -0.05) is 6.07 Å². The molecule has 1 fully saturated rings. The first-order chi connectivity index (χ1) is 14.2. The van der Waals surface area contributed by atoms with Crippen LogP contribution in [0.15, 0.2) is 24.3 Å². The second kappa shape index (κ2) is 7.34. The maximum absolute atomic E-state index is 15.2. The van der Waals surface area contributed by atoms with E-state index in [0.29, 0.717) is 30.3 Å². The molecule has 2 atom stereocenters. The lowest BCUT2D eigenvalue weighted by Crippen LogP contribution is -2.44. The van der Waals surface area contributed by atoms with E-state index in [1.807, 2.05) is 6.19 Å². The van der Waals surface area contributed by atoms with E-state index in [2.05, 4.69) is 10.3 Å². The van der Waals surface area contributed by atoms with E-state index in [1.165, 1.54) is 6.07 Å². The highest BCUT2D eigenvalue weighted by atomic mass is 19.4. The van der Waals surface area contributed by atoms with Crippen LogP contribution in [0.5, 0.6) is 0 Å². The fraction of sp³-hybridized carbons (Fsp3) is 0.350. The maximum Gasteiger partial charge on any atom is 0.416 e. The number of rotatable bonds is 3. The van der Waals surface area contributed by atoms with Gasteiger partial charge in [-0.25, -0.2) is 4.39 Å². The topological polar surface area (TPSA) is 101 Å². The highest BCUT2D eigenvalue weighted by molar-refractivity contribution is 6.14. The van der Waals surface area contributed by atoms with Crippen LogP contribution in [0.1, 0.15) is 30.2 Å². The number of benzene rings is 2. The smallest absolute Gasteiger partial charge is 0.374 e. The Hall–Kier alpha value is -3.03. The normalized spacial score (nSPS) is 18.6.